The van der Waals surface area contributed by atoms with Gasteiger partial charge in [-0.1, -0.05) is 60.0 Å². The first-order valence-corrected chi connectivity index (χ1v) is 6.26. The molecule has 1 heteroatoms. The Morgan fingerprint density at radius 1 is 0.824 bits per heavy atom. The minimum absolute atomic E-state index is 1.04. The van der Waals surface area contributed by atoms with Gasteiger partial charge in [-0.05, 0) is 35.7 Å². The van der Waals surface area contributed by atoms with E-state index in [2.05, 4.69) is 24.0 Å². The second kappa shape index (κ2) is 6.62. The van der Waals surface area contributed by atoms with Crippen LogP contribution in [0.1, 0.15) is 5.56 Å². The van der Waals surface area contributed by atoms with E-state index in [9.17, 15) is 0 Å². The van der Waals surface area contributed by atoms with E-state index in [-0.39, 0.29) is 0 Å². The Balaban J connectivity index is 1.89. The number of allylic oxidation sites excluding steroid dienone is 1. The SMILES string of the molecule is C(#Cc1ccccc1)/C=C\Sc1ccccc1. The average molecular weight is 236 g/mol. The van der Waals surface area contributed by atoms with Crippen molar-refractivity contribution in [3.8, 4) is 11.8 Å². The van der Waals surface area contributed by atoms with E-state index in [1.807, 2.05) is 60.0 Å². The molecule has 17 heavy (non-hydrogen) atoms. The summed E-state index contributed by atoms with van der Waals surface area (Å²) in [5.41, 5.74) is 1.04. The highest BCUT2D eigenvalue weighted by Gasteiger charge is 1.85. The summed E-state index contributed by atoms with van der Waals surface area (Å²) < 4.78 is 0. The molecule has 0 nitrogen and oxygen atoms in total. The van der Waals surface area contributed by atoms with Crippen LogP contribution >= 0.6 is 11.8 Å². The molecular weight excluding hydrogens is 224 g/mol. The van der Waals surface area contributed by atoms with Gasteiger partial charge in [-0.3, -0.25) is 0 Å². The quantitative estimate of drug-likeness (QED) is 0.552. The number of hydrogen-bond donors (Lipinski definition) is 0. The molecule has 0 spiro atoms. The van der Waals surface area contributed by atoms with E-state index in [4.69, 9.17) is 0 Å². The molecule has 2 rings (SSSR count). The van der Waals surface area contributed by atoms with E-state index >= 15 is 0 Å². The van der Waals surface area contributed by atoms with Gasteiger partial charge in [0.1, 0.15) is 0 Å². The second-order valence-electron chi connectivity index (χ2n) is 3.37. The van der Waals surface area contributed by atoms with Gasteiger partial charge in [0.2, 0.25) is 0 Å². The first kappa shape index (κ1) is 11.6. The summed E-state index contributed by atoms with van der Waals surface area (Å²) in [4.78, 5) is 1.23. The van der Waals surface area contributed by atoms with Gasteiger partial charge in [0.25, 0.3) is 0 Å². The highest BCUT2D eigenvalue weighted by atomic mass is 32.2. The zero-order valence-corrected chi connectivity index (χ0v) is 10.2. The van der Waals surface area contributed by atoms with Crippen LogP contribution in [0.5, 0.6) is 0 Å². The largest absolute Gasteiger partial charge is 0.0974 e. The van der Waals surface area contributed by atoms with Gasteiger partial charge in [0.05, 0.1) is 0 Å². The fourth-order valence-electron chi connectivity index (χ4n) is 1.29. The number of rotatable bonds is 2. The van der Waals surface area contributed by atoms with Gasteiger partial charge in [0, 0.05) is 10.5 Å². The lowest BCUT2D eigenvalue weighted by Crippen LogP contribution is -1.68. The van der Waals surface area contributed by atoms with Crippen LogP contribution in [0.25, 0.3) is 0 Å². The van der Waals surface area contributed by atoms with Crippen LogP contribution < -0.4 is 0 Å². The molecular formula is C16H12S. The Morgan fingerprint density at radius 3 is 2.18 bits per heavy atom. The van der Waals surface area contributed by atoms with Crippen LogP contribution in [0.4, 0.5) is 0 Å². The second-order valence-corrected chi connectivity index (χ2v) is 4.35. The Morgan fingerprint density at radius 2 is 1.47 bits per heavy atom. The van der Waals surface area contributed by atoms with Gasteiger partial charge < -0.3 is 0 Å². The van der Waals surface area contributed by atoms with Crippen molar-refractivity contribution >= 4 is 11.8 Å². The molecule has 0 saturated carbocycles. The van der Waals surface area contributed by atoms with Gasteiger partial charge in [0.15, 0.2) is 0 Å². The number of thioether (sulfide) groups is 1. The van der Waals surface area contributed by atoms with E-state index in [0.29, 0.717) is 0 Å². The fraction of sp³-hybridized carbons (Fsp3) is 0. The lowest BCUT2D eigenvalue weighted by Gasteiger charge is -1.91. The number of benzene rings is 2. The molecule has 0 fully saturated rings. The molecule has 0 heterocycles. The van der Waals surface area contributed by atoms with Crippen LogP contribution in [-0.4, -0.2) is 0 Å². The maximum atomic E-state index is 3.08. The third-order valence-corrected chi connectivity index (χ3v) is 2.91. The van der Waals surface area contributed by atoms with Gasteiger partial charge >= 0.3 is 0 Å². The van der Waals surface area contributed by atoms with Crippen molar-refractivity contribution in [2.24, 2.45) is 0 Å². The molecule has 0 atom stereocenters. The molecule has 82 valence electrons. The van der Waals surface area contributed by atoms with Crippen molar-refractivity contribution in [2.45, 2.75) is 4.90 Å². The van der Waals surface area contributed by atoms with E-state index in [0.717, 1.165) is 5.56 Å². The van der Waals surface area contributed by atoms with Crippen LogP contribution in [0, 0.1) is 11.8 Å². The van der Waals surface area contributed by atoms with Gasteiger partial charge in [-0.2, -0.15) is 0 Å². The summed E-state index contributed by atoms with van der Waals surface area (Å²) in [6, 6.07) is 20.2. The molecule has 2 aromatic carbocycles. The first-order chi connectivity index (χ1) is 8.45. The lowest BCUT2D eigenvalue weighted by atomic mass is 10.2. The molecule has 2 aromatic rings. The predicted molar refractivity (Wildman–Crippen MR) is 74.8 cm³/mol. The zero-order chi connectivity index (χ0) is 11.8. The van der Waals surface area contributed by atoms with Crippen molar-refractivity contribution < 1.29 is 0 Å². The fourth-order valence-corrected chi connectivity index (χ4v) is 1.90. The Labute approximate surface area is 106 Å². The molecule has 0 unspecified atom stereocenters. The van der Waals surface area contributed by atoms with Gasteiger partial charge in [-0.25, -0.2) is 0 Å². The minimum Gasteiger partial charge on any atom is -0.0974 e. The molecule has 0 N–H and O–H groups in total. The first-order valence-electron chi connectivity index (χ1n) is 5.38. The van der Waals surface area contributed by atoms with Crippen LogP contribution in [0.3, 0.4) is 0 Å². The van der Waals surface area contributed by atoms with Crippen molar-refractivity contribution in [1.29, 1.82) is 0 Å². The molecule has 0 aliphatic heterocycles. The lowest BCUT2D eigenvalue weighted by molar-refractivity contribution is 1.47. The van der Waals surface area contributed by atoms with E-state index in [1.165, 1.54) is 4.90 Å². The minimum atomic E-state index is 1.04. The highest BCUT2D eigenvalue weighted by molar-refractivity contribution is 8.02. The molecule has 0 aromatic heterocycles. The van der Waals surface area contributed by atoms with Crippen molar-refractivity contribution in [3.63, 3.8) is 0 Å². The monoisotopic (exact) mass is 236 g/mol. The summed E-state index contributed by atoms with van der Waals surface area (Å²) in [7, 11) is 0. The van der Waals surface area contributed by atoms with Crippen LogP contribution in [-0.2, 0) is 0 Å². The number of hydrogen-bond acceptors (Lipinski definition) is 1. The molecule has 0 aliphatic carbocycles. The maximum absolute atomic E-state index is 3.08. The Kier molecular flexibility index (Phi) is 4.51. The van der Waals surface area contributed by atoms with Crippen LogP contribution in [0.2, 0.25) is 0 Å². The third-order valence-electron chi connectivity index (χ3n) is 2.09. The predicted octanol–water partition coefficient (Wildman–Crippen LogP) is 4.34. The zero-order valence-electron chi connectivity index (χ0n) is 9.34. The standard InChI is InChI=1S/C16H12S/c1-3-9-15(10-4-1)11-7-8-14-17-16-12-5-2-6-13-16/h1-6,8-10,12-14H/b14-8-. The van der Waals surface area contributed by atoms with E-state index < -0.39 is 0 Å². The Hall–Kier alpha value is -1.91. The van der Waals surface area contributed by atoms with Gasteiger partial charge in [-0.15, -0.1) is 0 Å². The highest BCUT2D eigenvalue weighted by Crippen LogP contribution is 2.17. The summed E-state index contributed by atoms with van der Waals surface area (Å²) in [5.74, 6) is 6.10. The molecule has 0 radical (unpaired) electrons. The molecule has 0 amide bonds. The normalized spacial score (nSPS) is 9.88. The van der Waals surface area contributed by atoms with Crippen LogP contribution in [0.15, 0.2) is 77.0 Å². The molecule has 0 saturated heterocycles. The maximum Gasteiger partial charge on any atom is 0.0248 e. The van der Waals surface area contributed by atoms with E-state index in [1.54, 1.807) is 11.8 Å². The van der Waals surface area contributed by atoms with Crippen molar-refractivity contribution in [2.75, 3.05) is 0 Å². The molecule has 0 aliphatic rings. The summed E-state index contributed by atoms with van der Waals surface area (Å²) >= 11 is 1.67. The topological polar surface area (TPSA) is 0 Å². The molecule has 0 bridgehead atoms. The Bertz CT molecular complexity index is 530. The van der Waals surface area contributed by atoms with Crippen molar-refractivity contribution in [1.82, 2.24) is 0 Å². The summed E-state index contributed by atoms with van der Waals surface area (Å²) in [5, 5.41) is 2.01. The summed E-state index contributed by atoms with van der Waals surface area (Å²) in [6.45, 7) is 0. The summed E-state index contributed by atoms with van der Waals surface area (Å²) in [6.07, 6.45) is 1.88. The third kappa shape index (κ3) is 4.22. The van der Waals surface area contributed by atoms with Crippen molar-refractivity contribution in [3.05, 3.63) is 77.7 Å². The average Bonchev–Trinajstić information content (AvgIpc) is 2.41. The smallest absolute Gasteiger partial charge is 0.0248 e.